The summed E-state index contributed by atoms with van der Waals surface area (Å²) in [5, 5.41) is 0. The lowest BCUT2D eigenvalue weighted by Gasteiger charge is -2.33. The van der Waals surface area contributed by atoms with Crippen LogP contribution in [0.25, 0.3) is 0 Å². The third kappa shape index (κ3) is 2.83. The average Bonchev–Trinajstić information content (AvgIpc) is 2.86. The van der Waals surface area contributed by atoms with E-state index in [2.05, 4.69) is 0 Å². The first-order valence-electron chi connectivity index (χ1n) is 7.48. The first kappa shape index (κ1) is 15.3. The molecule has 2 saturated heterocycles. The van der Waals surface area contributed by atoms with Gasteiger partial charge in [-0.05, 0) is 31.5 Å². The highest BCUT2D eigenvalue weighted by Crippen LogP contribution is 2.25. The smallest absolute Gasteiger partial charge is 0.254 e. The molecule has 2 aliphatic rings. The van der Waals surface area contributed by atoms with Gasteiger partial charge in [0.15, 0.2) is 0 Å². The van der Waals surface area contributed by atoms with Crippen LogP contribution in [-0.2, 0) is 14.8 Å². The summed E-state index contributed by atoms with van der Waals surface area (Å²) in [5.74, 6) is 0.0975. The Morgan fingerprint density at radius 3 is 2.82 bits per heavy atom. The van der Waals surface area contributed by atoms with E-state index in [1.807, 2.05) is 6.92 Å². The van der Waals surface area contributed by atoms with Crippen molar-refractivity contribution in [2.45, 2.75) is 19.4 Å². The Morgan fingerprint density at radius 2 is 2.14 bits per heavy atom. The molecule has 3 rings (SSSR count). The summed E-state index contributed by atoms with van der Waals surface area (Å²) in [6.07, 6.45) is 0.626. The van der Waals surface area contributed by atoms with Gasteiger partial charge in [0.25, 0.3) is 5.91 Å². The van der Waals surface area contributed by atoms with Crippen LogP contribution in [0.4, 0.5) is 5.69 Å². The maximum atomic E-state index is 12.6. The van der Waals surface area contributed by atoms with Crippen LogP contribution in [0.15, 0.2) is 24.3 Å². The lowest BCUT2D eigenvalue weighted by Crippen LogP contribution is -2.47. The summed E-state index contributed by atoms with van der Waals surface area (Å²) in [6, 6.07) is 6.91. The second-order valence-corrected chi connectivity index (χ2v) is 7.73. The van der Waals surface area contributed by atoms with Crippen molar-refractivity contribution in [1.29, 1.82) is 0 Å². The number of anilines is 1. The molecule has 0 radical (unpaired) electrons. The number of carbonyl (C=O) groups is 1. The van der Waals surface area contributed by atoms with Crippen LogP contribution in [0.5, 0.6) is 0 Å². The van der Waals surface area contributed by atoms with E-state index in [1.165, 1.54) is 4.31 Å². The minimum atomic E-state index is -3.23. The molecule has 2 aliphatic heterocycles. The number of morpholine rings is 1. The zero-order valence-corrected chi connectivity index (χ0v) is 13.4. The average molecular weight is 324 g/mol. The van der Waals surface area contributed by atoms with Crippen LogP contribution < -0.4 is 4.31 Å². The van der Waals surface area contributed by atoms with E-state index in [0.717, 1.165) is 0 Å². The van der Waals surface area contributed by atoms with Gasteiger partial charge in [-0.3, -0.25) is 9.10 Å². The van der Waals surface area contributed by atoms with Gasteiger partial charge < -0.3 is 9.64 Å². The zero-order chi connectivity index (χ0) is 15.7. The van der Waals surface area contributed by atoms with Gasteiger partial charge in [-0.1, -0.05) is 6.07 Å². The fraction of sp³-hybridized carbons (Fsp3) is 0.533. The number of hydrogen-bond acceptors (Lipinski definition) is 4. The van der Waals surface area contributed by atoms with Crippen molar-refractivity contribution in [3.05, 3.63) is 29.8 Å². The maximum absolute atomic E-state index is 12.6. The topological polar surface area (TPSA) is 66.9 Å². The lowest BCUT2D eigenvalue weighted by molar-refractivity contribution is 0.00360. The predicted octanol–water partition coefficient (Wildman–Crippen LogP) is 1.09. The predicted molar refractivity (Wildman–Crippen MR) is 83.5 cm³/mol. The largest absolute Gasteiger partial charge is 0.377 e. The Balaban J connectivity index is 1.86. The molecule has 0 saturated carbocycles. The standard InChI is InChI=1S/C15H20N2O4S/c1-12-11-21-8-7-16(12)15(18)13-4-2-5-14(10-13)17-6-3-9-22(17,19)20/h2,4-5,10,12H,3,6-9,11H2,1H3/t12-/m1/s1. The van der Waals surface area contributed by atoms with Crippen LogP contribution in [0.3, 0.4) is 0 Å². The third-order valence-corrected chi connectivity index (χ3v) is 5.98. The summed E-state index contributed by atoms with van der Waals surface area (Å²) in [5.41, 5.74) is 1.10. The number of nitrogens with zero attached hydrogens (tertiary/aromatic N) is 2. The molecule has 0 unspecified atom stereocenters. The molecule has 22 heavy (non-hydrogen) atoms. The molecule has 2 fully saturated rings. The molecule has 6 nitrogen and oxygen atoms in total. The van der Waals surface area contributed by atoms with Crippen molar-refractivity contribution >= 4 is 21.6 Å². The quantitative estimate of drug-likeness (QED) is 0.817. The van der Waals surface area contributed by atoms with Crippen molar-refractivity contribution < 1.29 is 17.9 Å². The Kier molecular flexibility index (Phi) is 4.10. The van der Waals surface area contributed by atoms with E-state index in [9.17, 15) is 13.2 Å². The monoisotopic (exact) mass is 324 g/mol. The van der Waals surface area contributed by atoms with Crippen molar-refractivity contribution in [2.75, 3.05) is 36.4 Å². The van der Waals surface area contributed by atoms with Gasteiger partial charge in [0, 0.05) is 18.7 Å². The lowest BCUT2D eigenvalue weighted by atomic mass is 10.1. The minimum absolute atomic E-state index is 0.0282. The molecule has 2 heterocycles. The van der Waals surface area contributed by atoms with Crippen molar-refractivity contribution in [2.24, 2.45) is 0 Å². The zero-order valence-electron chi connectivity index (χ0n) is 12.6. The fourth-order valence-corrected chi connectivity index (χ4v) is 4.47. The fourth-order valence-electron chi connectivity index (χ4n) is 2.92. The Bertz CT molecular complexity index is 674. The summed E-state index contributed by atoms with van der Waals surface area (Å²) in [7, 11) is -3.23. The number of hydrogen-bond donors (Lipinski definition) is 0. The molecule has 0 bridgehead atoms. The Labute approximate surface area is 130 Å². The van der Waals surface area contributed by atoms with E-state index in [0.29, 0.717) is 44.0 Å². The molecule has 1 atom stereocenters. The van der Waals surface area contributed by atoms with Crippen LogP contribution in [0, 0.1) is 0 Å². The van der Waals surface area contributed by atoms with E-state index >= 15 is 0 Å². The number of ether oxygens (including phenoxy) is 1. The number of carbonyl (C=O) groups excluding carboxylic acids is 1. The van der Waals surface area contributed by atoms with Crippen LogP contribution >= 0.6 is 0 Å². The van der Waals surface area contributed by atoms with Crippen LogP contribution in [0.2, 0.25) is 0 Å². The highest BCUT2D eigenvalue weighted by Gasteiger charge is 2.30. The van der Waals surface area contributed by atoms with E-state index in [-0.39, 0.29) is 17.7 Å². The first-order chi connectivity index (χ1) is 10.5. The van der Waals surface area contributed by atoms with Gasteiger partial charge in [0.1, 0.15) is 0 Å². The Hall–Kier alpha value is -1.60. The van der Waals surface area contributed by atoms with E-state index in [4.69, 9.17) is 4.74 Å². The van der Waals surface area contributed by atoms with Gasteiger partial charge in [0.05, 0.1) is 30.7 Å². The van der Waals surface area contributed by atoms with Gasteiger partial charge >= 0.3 is 0 Å². The third-order valence-electron chi connectivity index (χ3n) is 4.11. The molecule has 0 N–H and O–H groups in total. The number of sulfonamides is 1. The first-order valence-corrected chi connectivity index (χ1v) is 9.09. The van der Waals surface area contributed by atoms with E-state index < -0.39 is 10.0 Å². The van der Waals surface area contributed by atoms with Crippen LogP contribution in [0.1, 0.15) is 23.7 Å². The second-order valence-electron chi connectivity index (χ2n) is 5.71. The van der Waals surface area contributed by atoms with Gasteiger partial charge in [-0.2, -0.15) is 0 Å². The second kappa shape index (κ2) is 5.89. The molecule has 0 aliphatic carbocycles. The van der Waals surface area contributed by atoms with Crippen molar-refractivity contribution in [3.8, 4) is 0 Å². The summed E-state index contributed by atoms with van der Waals surface area (Å²) in [6.45, 7) is 4.06. The summed E-state index contributed by atoms with van der Waals surface area (Å²) in [4.78, 5) is 14.4. The van der Waals surface area contributed by atoms with Crippen molar-refractivity contribution in [1.82, 2.24) is 4.90 Å². The van der Waals surface area contributed by atoms with Gasteiger partial charge in [-0.15, -0.1) is 0 Å². The summed E-state index contributed by atoms with van der Waals surface area (Å²) < 4.78 is 30.8. The number of amides is 1. The molecular formula is C15H20N2O4S. The molecule has 0 spiro atoms. The molecule has 1 aromatic rings. The maximum Gasteiger partial charge on any atom is 0.254 e. The number of rotatable bonds is 2. The SMILES string of the molecule is C[C@@H]1COCCN1C(=O)c1cccc(N2CCCS2(=O)=O)c1. The molecule has 0 aromatic heterocycles. The number of benzene rings is 1. The highest BCUT2D eigenvalue weighted by atomic mass is 32.2. The molecule has 120 valence electrons. The van der Waals surface area contributed by atoms with Crippen LogP contribution in [-0.4, -0.2) is 57.3 Å². The minimum Gasteiger partial charge on any atom is -0.377 e. The summed E-state index contributed by atoms with van der Waals surface area (Å²) >= 11 is 0. The van der Waals surface area contributed by atoms with E-state index in [1.54, 1.807) is 29.2 Å². The molecule has 7 heteroatoms. The molecule has 1 amide bonds. The highest BCUT2D eigenvalue weighted by molar-refractivity contribution is 7.93. The normalized spacial score (nSPS) is 24.5. The molecule has 1 aromatic carbocycles. The Morgan fingerprint density at radius 1 is 1.32 bits per heavy atom. The van der Waals surface area contributed by atoms with Crippen molar-refractivity contribution in [3.63, 3.8) is 0 Å². The van der Waals surface area contributed by atoms with Gasteiger partial charge in [0.2, 0.25) is 10.0 Å². The molecular weight excluding hydrogens is 304 g/mol. The van der Waals surface area contributed by atoms with Gasteiger partial charge in [-0.25, -0.2) is 8.42 Å².